The smallest absolute Gasteiger partial charge is 0.416 e. The Labute approximate surface area is 151 Å². The summed E-state index contributed by atoms with van der Waals surface area (Å²) in [5.74, 6) is -1.03. The molecule has 1 aliphatic rings. The number of nitrogens with one attached hydrogen (secondary N) is 1. The van der Waals surface area contributed by atoms with Crippen LogP contribution in [0.25, 0.3) is 0 Å². The number of rotatable bonds is 4. The Balaban J connectivity index is 1.62. The number of amides is 1. The van der Waals surface area contributed by atoms with Crippen LogP contribution in [0.3, 0.4) is 0 Å². The summed E-state index contributed by atoms with van der Waals surface area (Å²) in [6.45, 7) is 0.00804. The van der Waals surface area contributed by atoms with Gasteiger partial charge in [0.05, 0.1) is 17.7 Å². The van der Waals surface area contributed by atoms with E-state index in [1.807, 2.05) is 0 Å². The second kappa shape index (κ2) is 6.99. The summed E-state index contributed by atoms with van der Waals surface area (Å²) in [6, 6.07) is 9.06. The molecule has 1 atom stereocenters. The van der Waals surface area contributed by atoms with E-state index in [-0.39, 0.29) is 18.1 Å². The summed E-state index contributed by atoms with van der Waals surface area (Å²) in [5, 5.41) is 1.86. The number of fused-ring (bicyclic) bond motifs is 1. The van der Waals surface area contributed by atoms with Crippen molar-refractivity contribution < 1.29 is 27.5 Å². The first-order valence-corrected chi connectivity index (χ1v) is 8.12. The number of anilines is 1. The fraction of sp³-hybridized carbons (Fsp3) is 0.222. The molecular weight excluding hydrogens is 371 g/mol. The number of esters is 1. The monoisotopic (exact) mass is 383 g/mol. The van der Waals surface area contributed by atoms with Crippen molar-refractivity contribution in [3.63, 3.8) is 0 Å². The summed E-state index contributed by atoms with van der Waals surface area (Å²) in [7, 11) is 0. The van der Waals surface area contributed by atoms with Crippen LogP contribution in [-0.2, 0) is 22.1 Å². The van der Waals surface area contributed by atoms with Crippen molar-refractivity contribution in [2.75, 3.05) is 11.9 Å². The van der Waals surface area contributed by atoms with Crippen molar-refractivity contribution in [3.8, 4) is 0 Å². The molecule has 4 nitrogen and oxygen atoms in total. The lowest BCUT2D eigenvalue weighted by Gasteiger charge is -2.10. The van der Waals surface area contributed by atoms with E-state index in [2.05, 4.69) is 5.32 Å². The third-order valence-electron chi connectivity index (χ3n) is 3.99. The van der Waals surface area contributed by atoms with Gasteiger partial charge in [0.25, 0.3) is 0 Å². The summed E-state index contributed by atoms with van der Waals surface area (Å²) in [4.78, 5) is 23.6. The largest absolute Gasteiger partial charge is 0.462 e. The highest BCUT2D eigenvalue weighted by Crippen LogP contribution is 2.37. The first kappa shape index (κ1) is 18.3. The van der Waals surface area contributed by atoms with Gasteiger partial charge in [-0.15, -0.1) is 11.6 Å². The van der Waals surface area contributed by atoms with Gasteiger partial charge in [-0.2, -0.15) is 13.2 Å². The van der Waals surface area contributed by atoms with E-state index < -0.39 is 23.1 Å². The van der Waals surface area contributed by atoms with Gasteiger partial charge < -0.3 is 10.1 Å². The van der Waals surface area contributed by atoms with Crippen molar-refractivity contribution >= 4 is 29.2 Å². The molecule has 0 fully saturated rings. The Morgan fingerprint density at radius 1 is 1.15 bits per heavy atom. The first-order chi connectivity index (χ1) is 12.3. The van der Waals surface area contributed by atoms with E-state index in [0.717, 1.165) is 29.8 Å². The highest BCUT2D eigenvalue weighted by molar-refractivity contribution is 6.35. The molecule has 0 radical (unpaired) electrons. The Morgan fingerprint density at radius 2 is 1.85 bits per heavy atom. The minimum atomic E-state index is -4.46. The van der Waals surface area contributed by atoms with Gasteiger partial charge in [-0.25, -0.2) is 4.79 Å². The van der Waals surface area contributed by atoms with Crippen molar-refractivity contribution in [1.82, 2.24) is 0 Å². The van der Waals surface area contributed by atoms with Crippen LogP contribution in [0.4, 0.5) is 18.9 Å². The van der Waals surface area contributed by atoms with Crippen LogP contribution in [0.2, 0.25) is 0 Å². The molecule has 2 aromatic rings. The maximum absolute atomic E-state index is 12.5. The topological polar surface area (TPSA) is 55.4 Å². The lowest BCUT2D eigenvalue weighted by atomic mass is 10.0. The van der Waals surface area contributed by atoms with Crippen LogP contribution < -0.4 is 5.32 Å². The van der Waals surface area contributed by atoms with Gasteiger partial charge >= 0.3 is 12.1 Å². The molecule has 1 heterocycles. The first-order valence-electron chi connectivity index (χ1n) is 7.68. The van der Waals surface area contributed by atoms with E-state index in [1.54, 1.807) is 18.2 Å². The van der Waals surface area contributed by atoms with Crippen molar-refractivity contribution in [3.05, 3.63) is 64.7 Å². The molecule has 1 unspecified atom stereocenters. The van der Waals surface area contributed by atoms with E-state index in [0.29, 0.717) is 17.7 Å². The number of benzene rings is 2. The molecular formula is C18H13ClF3NO3. The molecule has 1 N–H and O–H groups in total. The molecule has 0 aromatic heterocycles. The van der Waals surface area contributed by atoms with Crippen LogP contribution in [0.1, 0.15) is 32.4 Å². The number of hydrogen-bond acceptors (Lipinski definition) is 3. The van der Waals surface area contributed by atoms with Crippen molar-refractivity contribution in [2.45, 2.75) is 18.0 Å². The zero-order valence-corrected chi connectivity index (χ0v) is 14.0. The van der Waals surface area contributed by atoms with Crippen molar-refractivity contribution in [1.29, 1.82) is 0 Å². The van der Waals surface area contributed by atoms with Gasteiger partial charge in [0.15, 0.2) is 0 Å². The Morgan fingerprint density at radius 3 is 2.50 bits per heavy atom. The predicted molar refractivity (Wildman–Crippen MR) is 89.1 cm³/mol. The lowest BCUT2D eigenvalue weighted by molar-refractivity contribution is -0.137. The summed E-state index contributed by atoms with van der Waals surface area (Å²) in [5.41, 5.74) is 1.25. The molecule has 0 bridgehead atoms. The van der Waals surface area contributed by atoms with Gasteiger partial charge in [0.1, 0.15) is 5.38 Å². The molecule has 0 saturated carbocycles. The average molecular weight is 384 g/mol. The van der Waals surface area contributed by atoms with E-state index in [4.69, 9.17) is 16.3 Å². The number of halogens is 4. The lowest BCUT2D eigenvalue weighted by Crippen LogP contribution is -2.11. The molecule has 8 heteroatoms. The fourth-order valence-electron chi connectivity index (χ4n) is 2.70. The van der Waals surface area contributed by atoms with E-state index in [9.17, 15) is 22.8 Å². The van der Waals surface area contributed by atoms with Gasteiger partial charge in [0, 0.05) is 17.7 Å². The number of alkyl halides is 4. The van der Waals surface area contributed by atoms with Crippen LogP contribution in [-0.4, -0.2) is 18.5 Å². The molecule has 3 rings (SSSR count). The van der Waals surface area contributed by atoms with Crippen LogP contribution in [0, 0.1) is 0 Å². The molecule has 0 saturated heterocycles. The number of ether oxygens (including phenoxy) is 1. The van der Waals surface area contributed by atoms with Gasteiger partial charge in [-0.3, -0.25) is 4.79 Å². The Bertz CT molecular complexity index is 850. The quantitative estimate of drug-likeness (QED) is 0.631. The summed E-state index contributed by atoms with van der Waals surface area (Å²) < 4.78 is 42.7. The second-order valence-electron chi connectivity index (χ2n) is 5.69. The number of carbonyl (C=O) groups excluding carboxylic acids is 2. The minimum Gasteiger partial charge on any atom is -0.462 e. The number of hydrogen-bond donors (Lipinski definition) is 1. The summed E-state index contributed by atoms with van der Waals surface area (Å²) >= 11 is 6.08. The average Bonchev–Trinajstić information content (AvgIpc) is 2.89. The van der Waals surface area contributed by atoms with Gasteiger partial charge in [-0.1, -0.05) is 12.1 Å². The molecule has 1 amide bonds. The maximum atomic E-state index is 12.5. The van der Waals surface area contributed by atoms with Gasteiger partial charge in [0.2, 0.25) is 5.91 Å². The zero-order valence-electron chi connectivity index (χ0n) is 13.3. The Kier molecular flexibility index (Phi) is 4.91. The Hall–Kier alpha value is -2.54. The van der Waals surface area contributed by atoms with Crippen LogP contribution in [0.15, 0.2) is 42.5 Å². The molecule has 0 spiro atoms. The highest BCUT2D eigenvalue weighted by atomic mass is 35.5. The van der Waals surface area contributed by atoms with Crippen molar-refractivity contribution in [2.24, 2.45) is 0 Å². The highest BCUT2D eigenvalue weighted by Gasteiger charge is 2.31. The number of carbonyl (C=O) groups is 2. The van der Waals surface area contributed by atoms with Crippen LogP contribution >= 0.6 is 11.6 Å². The molecule has 26 heavy (non-hydrogen) atoms. The summed E-state index contributed by atoms with van der Waals surface area (Å²) in [6.07, 6.45) is -4.13. The van der Waals surface area contributed by atoms with E-state index >= 15 is 0 Å². The zero-order chi connectivity index (χ0) is 18.9. The van der Waals surface area contributed by atoms with E-state index in [1.165, 1.54) is 0 Å². The molecule has 0 aliphatic carbocycles. The van der Waals surface area contributed by atoms with Crippen LogP contribution in [0.5, 0.6) is 0 Å². The standard InChI is InChI=1S/C18H13ClF3NO3/c19-15-14-10(2-1-3-13(14)23-16(15)24)8-9-26-17(25)11-4-6-12(7-5-11)18(20,21)22/h1-7,15H,8-9H2,(H,23,24). The third kappa shape index (κ3) is 3.67. The predicted octanol–water partition coefficient (Wildman–Crippen LogP) is 4.34. The normalized spacial score (nSPS) is 16.2. The fourth-order valence-corrected chi connectivity index (χ4v) is 3.01. The molecule has 136 valence electrons. The SMILES string of the molecule is O=C(OCCc1cccc2c1C(Cl)C(=O)N2)c1ccc(C(F)(F)F)cc1. The maximum Gasteiger partial charge on any atom is 0.416 e. The second-order valence-corrected chi connectivity index (χ2v) is 6.13. The third-order valence-corrected chi connectivity index (χ3v) is 4.41. The molecule has 1 aliphatic heterocycles. The minimum absolute atomic E-state index is 0.00804. The van der Waals surface area contributed by atoms with Gasteiger partial charge in [-0.05, 0) is 35.9 Å². The molecule has 2 aromatic carbocycles.